The van der Waals surface area contributed by atoms with Crippen LogP contribution < -0.4 is 10.9 Å². The van der Waals surface area contributed by atoms with Gasteiger partial charge < -0.3 is 5.11 Å². The molecule has 1 aliphatic heterocycles. The van der Waals surface area contributed by atoms with Crippen molar-refractivity contribution in [2.75, 3.05) is 13.1 Å². The topological polar surface area (TPSA) is 94.6 Å². The second-order valence-corrected chi connectivity index (χ2v) is 5.88. The normalized spacial score (nSPS) is 18.4. The summed E-state index contributed by atoms with van der Waals surface area (Å²) in [4.78, 5) is 29.1. The summed E-state index contributed by atoms with van der Waals surface area (Å²) in [5, 5.41) is 8.84. The molecular weight excluding hydrogens is 284 g/mol. The third-order valence-electron chi connectivity index (χ3n) is 4.21. The minimum Gasteiger partial charge on any atom is -0.480 e. The highest BCUT2D eigenvalue weighted by molar-refractivity contribution is 5.92. The van der Waals surface area contributed by atoms with Crippen molar-refractivity contribution >= 4 is 11.9 Å². The zero-order valence-corrected chi connectivity index (χ0v) is 12.3. The zero-order chi connectivity index (χ0) is 15.5. The van der Waals surface area contributed by atoms with Crippen LogP contribution in [0.15, 0.2) is 12.1 Å². The third-order valence-corrected chi connectivity index (χ3v) is 4.21. The maximum absolute atomic E-state index is 12.1. The summed E-state index contributed by atoms with van der Waals surface area (Å²) in [5.74, 6) is -1.04. The first-order valence-electron chi connectivity index (χ1n) is 7.60. The van der Waals surface area contributed by atoms with Crippen LogP contribution in [0, 0.1) is 0 Å². The predicted molar refractivity (Wildman–Crippen MR) is 79.1 cm³/mol. The van der Waals surface area contributed by atoms with Gasteiger partial charge in [-0.05, 0) is 24.5 Å². The minimum atomic E-state index is -0.825. The molecule has 0 unspecified atom stereocenters. The molecule has 1 amide bonds. The number of amides is 1. The lowest BCUT2D eigenvalue weighted by Gasteiger charge is -2.27. The number of carbonyl (C=O) groups is 2. The lowest BCUT2D eigenvalue weighted by Crippen LogP contribution is -2.47. The smallest absolute Gasteiger partial charge is 0.317 e. The van der Waals surface area contributed by atoms with Gasteiger partial charge >= 0.3 is 5.97 Å². The molecule has 0 aromatic carbocycles. The first kappa shape index (κ1) is 14.9. The molecule has 1 aromatic heterocycles. The molecule has 0 radical (unpaired) electrons. The first-order chi connectivity index (χ1) is 10.6. The summed E-state index contributed by atoms with van der Waals surface area (Å²) in [6.07, 6.45) is 4.06. The first-order valence-corrected chi connectivity index (χ1v) is 7.60. The highest BCUT2D eigenvalue weighted by atomic mass is 16.4. The van der Waals surface area contributed by atoms with Crippen LogP contribution in [0.4, 0.5) is 0 Å². The van der Waals surface area contributed by atoms with E-state index in [4.69, 9.17) is 5.11 Å². The number of rotatable bonds is 5. The lowest BCUT2D eigenvalue weighted by atomic mass is 9.94. The molecule has 0 saturated heterocycles. The van der Waals surface area contributed by atoms with Crippen LogP contribution in [0.1, 0.15) is 41.0 Å². The summed E-state index contributed by atoms with van der Waals surface area (Å²) in [5.41, 5.74) is 8.00. The highest BCUT2D eigenvalue weighted by Crippen LogP contribution is 2.18. The molecule has 1 fully saturated rings. The second-order valence-electron chi connectivity index (χ2n) is 5.88. The molecule has 0 bridgehead atoms. The van der Waals surface area contributed by atoms with E-state index in [0.29, 0.717) is 31.2 Å². The van der Waals surface area contributed by atoms with Gasteiger partial charge in [-0.1, -0.05) is 12.5 Å². The van der Waals surface area contributed by atoms with Gasteiger partial charge in [0.25, 0.3) is 5.91 Å². The largest absolute Gasteiger partial charge is 0.480 e. The van der Waals surface area contributed by atoms with Crippen LogP contribution in [-0.4, -0.2) is 46.0 Å². The van der Waals surface area contributed by atoms with E-state index in [2.05, 4.69) is 15.8 Å². The minimum absolute atomic E-state index is 0.0347. The third kappa shape index (κ3) is 3.42. The molecule has 2 aliphatic rings. The van der Waals surface area contributed by atoms with Crippen molar-refractivity contribution in [3.05, 3.63) is 29.1 Å². The van der Waals surface area contributed by atoms with E-state index in [1.807, 2.05) is 11.0 Å². The number of carboxylic acids is 1. The molecule has 1 saturated carbocycles. The number of aromatic nitrogens is 1. The van der Waals surface area contributed by atoms with Gasteiger partial charge in [0.1, 0.15) is 5.69 Å². The van der Waals surface area contributed by atoms with Gasteiger partial charge in [-0.2, -0.15) is 0 Å². The number of hydrogen-bond acceptors (Lipinski definition) is 5. The second kappa shape index (κ2) is 6.41. The van der Waals surface area contributed by atoms with Gasteiger partial charge in [0, 0.05) is 31.2 Å². The van der Waals surface area contributed by atoms with Crippen LogP contribution in [0.25, 0.3) is 0 Å². The fourth-order valence-corrected chi connectivity index (χ4v) is 2.71. The maximum Gasteiger partial charge on any atom is 0.317 e. The molecule has 3 rings (SSSR count). The Morgan fingerprint density at radius 1 is 1.36 bits per heavy atom. The highest BCUT2D eigenvalue weighted by Gasteiger charge is 2.21. The Balaban J connectivity index is 1.61. The van der Waals surface area contributed by atoms with E-state index in [0.717, 1.165) is 24.1 Å². The van der Waals surface area contributed by atoms with Crippen LogP contribution in [0.5, 0.6) is 0 Å². The van der Waals surface area contributed by atoms with Gasteiger partial charge in [-0.15, -0.1) is 0 Å². The molecule has 7 nitrogen and oxygen atoms in total. The van der Waals surface area contributed by atoms with Crippen molar-refractivity contribution in [1.29, 1.82) is 0 Å². The fraction of sp³-hybridized carbons (Fsp3) is 0.533. The summed E-state index contributed by atoms with van der Waals surface area (Å²) in [6, 6.07) is 3.95. The number of carbonyl (C=O) groups excluding carboxylic acids is 1. The SMILES string of the molecule is O=C(O)CN1CCc2nc(C(=O)NNC3CCC3)ccc2C1. The standard InChI is InChI=1S/C15H20N4O3/c20-14(21)9-19-7-6-12-10(8-19)4-5-13(16-12)15(22)18-17-11-2-1-3-11/h4-5,11,17H,1-3,6-9H2,(H,18,22)(H,20,21). The van der Waals surface area contributed by atoms with E-state index in [1.165, 1.54) is 6.42 Å². The van der Waals surface area contributed by atoms with E-state index in [-0.39, 0.29) is 12.5 Å². The van der Waals surface area contributed by atoms with E-state index in [1.54, 1.807) is 6.07 Å². The average Bonchev–Trinajstić information content (AvgIpc) is 2.44. The van der Waals surface area contributed by atoms with Gasteiger partial charge in [-0.3, -0.25) is 19.9 Å². The fourth-order valence-electron chi connectivity index (χ4n) is 2.71. The van der Waals surface area contributed by atoms with Crippen molar-refractivity contribution in [2.45, 2.75) is 38.3 Å². The Hall–Kier alpha value is -1.99. The van der Waals surface area contributed by atoms with E-state index >= 15 is 0 Å². The molecule has 22 heavy (non-hydrogen) atoms. The number of aliphatic carboxylic acids is 1. The molecule has 7 heteroatoms. The van der Waals surface area contributed by atoms with Gasteiger partial charge in [0.15, 0.2) is 0 Å². The quantitative estimate of drug-likeness (QED) is 0.678. The average molecular weight is 304 g/mol. The number of carboxylic acid groups (broad SMARTS) is 1. The molecule has 3 N–H and O–H groups in total. The molecule has 2 heterocycles. The van der Waals surface area contributed by atoms with Crippen molar-refractivity contribution in [1.82, 2.24) is 20.7 Å². The number of hydrazine groups is 1. The number of nitrogens with one attached hydrogen (secondary N) is 2. The van der Waals surface area contributed by atoms with E-state index in [9.17, 15) is 9.59 Å². The van der Waals surface area contributed by atoms with Crippen molar-refractivity contribution in [2.24, 2.45) is 0 Å². The molecule has 1 aromatic rings. The van der Waals surface area contributed by atoms with Gasteiger partial charge in [-0.25, -0.2) is 10.4 Å². The Kier molecular flexibility index (Phi) is 4.35. The Bertz CT molecular complexity index is 586. The molecule has 118 valence electrons. The lowest BCUT2D eigenvalue weighted by molar-refractivity contribution is -0.138. The van der Waals surface area contributed by atoms with Crippen LogP contribution in [0.3, 0.4) is 0 Å². The van der Waals surface area contributed by atoms with Crippen molar-refractivity contribution in [3.8, 4) is 0 Å². The molecule has 1 aliphatic carbocycles. The number of pyridine rings is 1. The Morgan fingerprint density at radius 3 is 2.86 bits per heavy atom. The Labute approximate surface area is 128 Å². The van der Waals surface area contributed by atoms with Gasteiger partial charge in [0.05, 0.1) is 6.54 Å². The number of nitrogens with zero attached hydrogens (tertiary/aromatic N) is 2. The summed E-state index contributed by atoms with van der Waals surface area (Å²) < 4.78 is 0. The number of fused-ring (bicyclic) bond motifs is 1. The summed E-state index contributed by atoms with van der Waals surface area (Å²) >= 11 is 0. The van der Waals surface area contributed by atoms with E-state index < -0.39 is 5.97 Å². The zero-order valence-electron chi connectivity index (χ0n) is 12.3. The predicted octanol–water partition coefficient (Wildman–Crippen LogP) is 0.311. The number of hydrogen-bond donors (Lipinski definition) is 3. The van der Waals surface area contributed by atoms with Crippen molar-refractivity contribution < 1.29 is 14.7 Å². The Morgan fingerprint density at radius 2 is 2.18 bits per heavy atom. The monoisotopic (exact) mass is 304 g/mol. The summed E-state index contributed by atoms with van der Waals surface area (Å²) in [6.45, 7) is 1.25. The summed E-state index contributed by atoms with van der Waals surface area (Å²) in [7, 11) is 0. The van der Waals surface area contributed by atoms with Crippen molar-refractivity contribution in [3.63, 3.8) is 0 Å². The van der Waals surface area contributed by atoms with Crippen LogP contribution >= 0.6 is 0 Å². The molecular formula is C15H20N4O3. The maximum atomic E-state index is 12.1. The van der Waals surface area contributed by atoms with Gasteiger partial charge in [0.2, 0.25) is 0 Å². The molecule has 0 spiro atoms. The van der Waals surface area contributed by atoms with Crippen LogP contribution in [-0.2, 0) is 17.8 Å². The molecule has 0 atom stereocenters. The van der Waals surface area contributed by atoms with Crippen LogP contribution in [0.2, 0.25) is 0 Å².